The predicted molar refractivity (Wildman–Crippen MR) is 120 cm³/mol. The van der Waals surface area contributed by atoms with Crippen LogP contribution >= 0.6 is 0 Å². The number of aromatic hydroxyl groups is 1. The van der Waals surface area contributed by atoms with Gasteiger partial charge in [-0.1, -0.05) is 30.3 Å². The van der Waals surface area contributed by atoms with E-state index in [0.29, 0.717) is 11.4 Å². The Labute approximate surface area is 183 Å². The van der Waals surface area contributed by atoms with E-state index in [2.05, 4.69) is 21.2 Å². The number of rotatable bonds is 6. The van der Waals surface area contributed by atoms with Gasteiger partial charge in [0.1, 0.15) is 11.5 Å². The molecule has 0 aromatic heterocycles. The lowest BCUT2D eigenvalue weighted by Gasteiger charge is -2.11. The fourth-order valence-electron chi connectivity index (χ4n) is 2.66. The van der Waals surface area contributed by atoms with Crippen LogP contribution < -0.4 is 20.8 Å². The molecule has 3 aromatic rings. The average Bonchev–Trinajstić information content (AvgIpc) is 2.81. The van der Waals surface area contributed by atoms with Crippen molar-refractivity contribution in [2.24, 2.45) is 5.10 Å². The third kappa shape index (κ3) is 5.70. The SMILES string of the molecule is COc1ccc(O)c(/C=N\NC(=O)C(=O)Nc2ccccc2C(=O)Nc2ccccc2)c1. The van der Waals surface area contributed by atoms with E-state index in [1.165, 1.54) is 37.6 Å². The number of carbonyl (C=O) groups is 3. The molecule has 32 heavy (non-hydrogen) atoms. The number of benzene rings is 3. The van der Waals surface area contributed by atoms with Gasteiger partial charge in [-0.05, 0) is 42.5 Å². The van der Waals surface area contributed by atoms with Crippen LogP contribution in [-0.2, 0) is 9.59 Å². The summed E-state index contributed by atoms with van der Waals surface area (Å²) in [7, 11) is 1.47. The summed E-state index contributed by atoms with van der Waals surface area (Å²) in [5, 5.41) is 18.6. The van der Waals surface area contributed by atoms with Crippen molar-refractivity contribution >= 4 is 35.3 Å². The second-order valence-electron chi connectivity index (χ2n) is 6.44. The van der Waals surface area contributed by atoms with Crippen molar-refractivity contribution in [1.82, 2.24) is 5.43 Å². The molecular formula is C23H20N4O5. The minimum atomic E-state index is -1.05. The molecule has 0 radical (unpaired) electrons. The second kappa shape index (κ2) is 10.4. The summed E-state index contributed by atoms with van der Waals surface area (Å²) in [6, 6.07) is 19.6. The van der Waals surface area contributed by atoms with Gasteiger partial charge in [0.2, 0.25) is 0 Å². The van der Waals surface area contributed by atoms with E-state index in [0.717, 1.165) is 0 Å². The zero-order valence-electron chi connectivity index (χ0n) is 17.0. The fraction of sp³-hybridized carbons (Fsp3) is 0.0435. The van der Waals surface area contributed by atoms with Crippen LogP contribution in [0.2, 0.25) is 0 Å². The molecule has 0 fully saturated rings. The Morgan fingerprint density at radius 3 is 2.38 bits per heavy atom. The first-order chi connectivity index (χ1) is 15.5. The van der Waals surface area contributed by atoms with Crippen LogP contribution in [0, 0.1) is 0 Å². The standard InChI is InChI=1S/C23H20N4O5/c1-32-17-11-12-20(28)15(13-17)14-24-27-23(31)22(30)26-19-10-6-5-9-18(19)21(29)25-16-7-3-2-4-8-16/h2-14,28H,1H3,(H,25,29)(H,26,30)(H,27,31)/b24-14-. The number of phenols is 1. The number of nitrogens with zero attached hydrogens (tertiary/aromatic N) is 1. The molecule has 3 amide bonds. The van der Waals surface area contributed by atoms with Gasteiger partial charge in [-0.15, -0.1) is 0 Å². The van der Waals surface area contributed by atoms with E-state index >= 15 is 0 Å². The van der Waals surface area contributed by atoms with Gasteiger partial charge >= 0.3 is 11.8 Å². The van der Waals surface area contributed by atoms with E-state index in [1.807, 2.05) is 6.07 Å². The summed E-state index contributed by atoms with van der Waals surface area (Å²) in [5.74, 6) is -2.11. The summed E-state index contributed by atoms with van der Waals surface area (Å²) >= 11 is 0. The van der Waals surface area contributed by atoms with Gasteiger partial charge in [0.25, 0.3) is 5.91 Å². The molecule has 0 spiro atoms. The third-order valence-corrected chi connectivity index (χ3v) is 4.26. The Hall–Kier alpha value is -4.66. The summed E-state index contributed by atoms with van der Waals surface area (Å²) in [4.78, 5) is 36.9. The maximum absolute atomic E-state index is 12.6. The Bertz CT molecular complexity index is 1160. The smallest absolute Gasteiger partial charge is 0.329 e. The Morgan fingerprint density at radius 1 is 0.906 bits per heavy atom. The minimum absolute atomic E-state index is 0.0772. The molecular weight excluding hydrogens is 412 g/mol. The van der Waals surface area contributed by atoms with Crippen molar-refractivity contribution < 1.29 is 24.2 Å². The van der Waals surface area contributed by atoms with Crippen molar-refractivity contribution in [1.29, 1.82) is 0 Å². The zero-order chi connectivity index (χ0) is 22.9. The first-order valence-electron chi connectivity index (χ1n) is 9.44. The van der Waals surface area contributed by atoms with Gasteiger partial charge in [0.05, 0.1) is 24.6 Å². The number of para-hydroxylation sites is 2. The minimum Gasteiger partial charge on any atom is -0.507 e. The maximum Gasteiger partial charge on any atom is 0.329 e. The molecule has 3 rings (SSSR count). The lowest BCUT2D eigenvalue weighted by Crippen LogP contribution is -2.33. The Morgan fingerprint density at radius 2 is 1.62 bits per heavy atom. The number of nitrogens with one attached hydrogen (secondary N) is 3. The molecule has 0 aliphatic carbocycles. The molecule has 4 N–H and O–H groups in total. The molecule has 0 bridgehead atoms. The fourth-order valence-corrected chi connectivity index (χ4v) is 2.66. The normalized spacial score (nSPS) is 10.4. The van der Waals surface area contributed by atoms with Gasteiger partial charge in [-0.2, -0.15) is 5.10 Å². The van der Waals surface area contributed by atoms with E-state index in [9.17, 15) is 19.5 Å². The number of hydrogen-bond acceptors (Lipinski definition) is 6. The van der Waals surface area contributed by atoms with Gasteiger partial charge in [-0.3, -0.25) is 14.4 Å². The zero-order valence-corrected chi connectivity index (χ0v) is 17.0. The molecule has 3 aromatic carbocycles. The van der Waals surface area contributed by atoms with E-state index in [4.69, 9.17) is 4.74 Å². The van der Waals surface area contributed by atoms with Gasteiger partial charge < -0.3 is 20.5 Å². The highest BCUT2D eigenvalue weighted by atomic mass is 16.5. The predicted octanol–water partition coefficient (Wildman–Crippen LogP) is 2.74. The number of carbonyl (C=O) groups excluding carboxylic acids is 3. The van der Waals surface area contributed by atoms with Crippen LogP contribution in [0.5, 0.6) is 11.5 Å². The third-order valence-electron chi connectivity index (χ3n) is 4.26. The number of amides is 3. The van der Waals surface area contributed by atoms with E-state index < -0.39 is 17.7 Å². The average molecular weight is 432 g/mol. The molecule has 162 valence electrons. The van der Waals surface area contributed by atoms with Crippen LogP contribution in [0.1, 0.15) is 15.9 Å². The van der Waals surface area contributed by atoms with Crippen LogP contribution in [0.15, 0.2) is 77.9 Å². The molecule has 0 saturated heterocycles. The van der Waals surface area contributed by atoms with Crippen molar-refractivity contribution in [3.63, 3.8) is 0 Å². The van der Waals surface area contributed by atoms with Gasteiger partial charge in [0, 0.05) is 11.3 Å². The van der Waals surface area contributed by atoms with Crippen molar-refractivity contribution in [3.05, 3.63) is 83.9 Å². The topological polar surface area (TPSA) is 129 Å². The van der Waals surface area contributed by atoms with E-state index in [1.54, 1.807) is 42.5 Å². The number of phenolic OH excluding ortho intramolecular Hbond substituents is 1. The summed E-state index contributed by atoms with van der Waals surface area (Å²) in [5.41, 5.74) is 3.29. The highest BCUT2D eigenvalue weighted by Gasteiger charge is 2.17. The molecule has 9 nitrogen and oxygen atoms in total. The monoisotopic (exact) mass is 432 g/mol. The number of hydrogen-bond donors (Lipinski definition) is 4. The molecule has 9 heteroatoms. The number of methoxy groups -OCH3 is 1. The summed E-state index contributed by atoms with van der Waals surface area (Å²) < 4.78 is 5.05. The van der Waals surface area contributed by atoms with Crippen LogP contribution in [0.4, 0.5) is 11.4 Å². The van der Waals surface area contributed by atoms with E-state index in [-0.39, 0.29) is 22.6 Å². The van der Waals surface area contributed by atoms with Crippen LogP contribution in [-0.4, -0.2) is 36.2 Å². The van der Waals surface area contributed by atoms with Gasteiger partial charge in [0.15, 0.2) is 0 Å². The van der Waals surface area contributed by atoms with Crippen LogP contribution in [0.25, 0.3) is 0 Å². The Kier molecular flexibility index (Phi) is 7.16. The molecule has 0 heterocycles. The molecule has 0 unspecified atom stereocenters. The summed E-state index contributed by atoms with van der Waals surface area (Å²) in [6.07, 6.45) is 1.17. The number of anilines is 2. The molecule has 0 aliphatic heterocycles. The molecule has 0 aliphatic rings. The van der Waals surface area contributed by atoms with Crippen LogP contribution in [0.3, 0.4) is 0 Å². The summed E-state index contributed by atoms with van der Waals surface area (Å²) in [6.45, 7) is 0. The number of hydrazone groups is 1. The first kappa shape index (κ1) is 22.0. The lowest BCUT2D eigenvalue weighted by atomic mass is 10.1. The Balaban J connectivity index is 1.64. The quantitative estimate of drug-likeness (QED) is 0.270. The number of ether oxygens (including phenoxy) is 1. The highest BCUT2D eigenvalue weighted by molar-refractivity contribution is 6.40. The first-order valence-corrected chi connectivity index (χ1v) is 9.44. The van der Waals surface area contributed by atoms with Crippen molar-refractivity contribution in [3.8, 4) is 11.5 Å². The second-order valence-corrected chi connectivity index (χ2v) is 6.44. The van der Waals surface area contributed by atoms with Crippen molar-refractivity contribution in [2.75, 3.05) is 17.7 Å². The largest absolute Gasteiger partial charge is 0.507 e. The molecule has 0 atom stereocenters. The lowest BCUT2D eigenvalue weighted by molar-refractivity contribution is -0.136. The van der Waals surface area contributed by atoms with Crippen molar-refractivity contribution in [2.45, 2.75) is 0 Å². The van der Waals surface area contributed by atoms with Gasteiger partial charge in [-0.25, -0.2) is 5.43 Å². The molecule has 0 saturated carbocycles. The maximum atomic E-state index is 12.6. The highest BCUT2D eigenvalue weighted by Crippen LogP contribution is 2.21.